The lowest BCUT2D eigenvalue weighted by Gasteiger charge is -2.23. The van der Waals surface area contributed by atoms with E-state index in [1.165, 1.54) is 24.3 Å². The summed E-state index contributed by atoms with van der Waals surface area (Å²) in [5.41, 5.74) is 0.748. The van der Waals surface area contributed by atoms with E-state index in [1.54, 1.807) is 18.2 Å². The van der Waals surface area contributed by atoms with Crippen LogP contribution in [0.25, 0.3) is 11.1 Å². The Hall–Kier alpha value is -2.27. The summed E-state index contributed by atoms with van der Waals surface area (Å²) in [6, 6.07) is 10.4. The molecule has 0 spiro atoms. The Bertz CT molecular complexity index is 821. The Labute approximate surface area is 145 Å². The standard InChI is InChI=1S/C20H19F2NO2/c1-11-17-8-9-18(25-17)19(11)20(24)23-12-6-7-14(16(22)10-12)13-4-2-3-5-15(13)21/h2-7,10-11,17-19H,8-9H2,1H3,(H,23,24)/t11-,17-,18+,19-/m1/s1. The first-order valence-corrected chi connectivity index (χ1v) is 8.55. The number of fused-ring (bicyclic) bond motifs is 2. The molecule has 0 aliphatic carbocycles. The summed E-state index contributed by atoms with van der Waals surface area (Å²) in [4.78, 5) is 12.6. The molecule has 2 saturated heterocycles. The molecule has 3 nitrogen and oxygen atoms in total. The van der Waals surface area contributed by atoms with E-state index in [2.05, 4.69) is 5.32 Å². The molecule has 1 N–H and O–H groups in total. The molecule has 2 aromatic rings. The molecule has 2 aliphatic rings. The van der Waals surface area contributed by atoms with Gasteiger partial charge in [0.25, 0.3) is 0 Å². The van der Waals surface area contributed by atoms with Gasteiger partial charge >= 0.3 is 0 Å². The quantitative estimate of drug-likeness (QED) is 0.898. The van der Waals surface area contributed by atoms with Gasteiger partial charge in [-0.2, -0.15) is 0 Å². The van der Waals surface area contributed by atoms with E-state index in [4.69, 9.17) is 4.74 Å². The molecular weight excluding hydrogens is 324 g/mol. The van der Waals surface area contributed by atoms with Gasteiger partial charge in [0.15, 0.2) is 0 Å². The number of amides is 1. The van der Waals surface area contributed by atoms with Crippen LogP contribution in [-0.4, -0.2) is 18.1 Å². The summed E-state index contributed by atoms with van der Waals surface area (Å²) in [7, 11) is 0. The number of ether oxygens (including phenoxy) is 1. The Morgan fingerprint density at radius 3 is 2.44 bits per heavy atom. The Balaban J connectivity index is 1.53. The van der Waals surface area contributed by atoms with Gasteiger partial charge in [-0.3, -0.25) is 4.79 Å². The van der Waals surface area contributed by atoms with Gasteiger partial charge in [0.05, 0.1) is 18.1 Å². The normalized spacial score (nSPS) is 27.5. The molecular formula is C20H19F2NO2. The number of hydrogen-bond donors (Lipinski definition) is 1. The van der Waals surface area contributed by atoms with Gasteiger partial charge < -0.3 is 10.1 Å². The lowest BCUT2D eigenvalue weighted by Crippen LogP contribution is -2.35. The van der Waals surface area contributed by atoms with Crippen LogP contribution >= 0.6 is 0 Å². The van der Waals surface area contributed by atoms with Crippen molar-refractivity contribution in [1.82, 2.24) is 0 Å². The van der Waals surface area contributed by atoms with Crippen molar-refractivity contribution in [3.63, 3.8) is 0 Å². The summed E-state index contributed by atoms with van der Waals surface area (Å²) in [5.74, 6) is -1.22. The fourth-order valence-corrected chi connectivity index (χ4v) is 4.03. The molecule has 2 aromatic carbocycles. The van der Waals surface area contributed by atoms with Gasteiger partial charge in [-0.25, -0.2) is 8.78 Å². The van der Waals surface area contributed by atoms with Crippen LogP contribution in [0.15, 0.2) is 42.5 Å². The van der Waals surface area contributed by atoms with E-state index in [0.29, 0.717) is 5.69 Å². The number of rotatable bonds is 3. The number of halogens is 2. The van der Waals surface area contributed by atoms with E-state index >= 15 is 0 Å². The molecule has 0 radical (unpaired) electrons. The van der Waals surface area contributed by atoms with Crippen molar-refractivity contribution < 1.29 is 18.3 Å². The Morgan fingerprint density at radius 2 is 1.76 bits per heavy atom. The van der Waals surface area contributed by atoms with Crippen LogP contribution in [0.3, 0.4) is 0 Å². The van der Waals surface area contributed by atoms with Crippen molar-refractivity contribution in [2.24, 2.45) is 11.8 Å². The number of nitrogens with one attached hydrogen (secondary N) is 1. The summed E-state index contributed by atoms with van der Waals surface area (Å²) in [6.45, 7) is 2.02. The largest absolute Gasteiger partial charge is 0.374 e. The highest BCUT2D eigenvalue weighted by atomic mass is 19.1. The first-order valence-electron chi connectivity index (χ1n) is 8.55. The fraction of sp³-hybridized carbons (Fsp3) is 0.350. The molecule has 2 fully saturated rings. The number of hydrogen-bond acceptors (Lipinski definition) is 2. The summed E-state index contributed by atoms with van der Waals surface area (Å²) in [6.07, 6.45) is 2.01. The molecule has 1 amide bonds. The molecule has 0 aromatic heterocycles. The van der Waals surface area contributed by atoms with Crippen molar-refractivity contribution in [3.8, 4) is 11.1 Å². The maximum absolute atomic E-state index is 14.4. The molecule has 25 heavy (non-hydrogen) atoms. The second-order valence-electron chi connectivity index (χ2n) is 6.84. The van der Waals surface area contributed by atoms with E-state index in [0.717, 1.165) is 12.8 Å². The minimum Gasteiger partial charge on any atom is -0.374 e. The number of anilines is 1. The van der Waals surface area contributed by atoms with Crippen molar-refractivity contribution in [2.75, 3.05) is 5.32 Å². The van der Waals surface area contributed by atoms with Gasteiger partial charge in [0, 0.05) is 16.8 Å². The zero-order chi connectivity index (χ0) is 17.6. The van der Waals surface area contributed by atoms with Crippen molar-refractivity contribution in [2.45, 2.75) is 32.0 Å². The average Bonchev–Trinajstić information content (AvgIpc) is 3.17. The molecule has 2 bridgehead atoms. The third-order valence-corrected chi connectivity index (χ3v) is 5.34. The second-order valence-corrected chi connectivity index (χ2v) is 6.84. The molecule has 4 rings (SSSR count). The van der Waals surface area contributed by atoms with Crippen molar-refractivity contribution >= 4 is 11.6 Å². The van der Waals surface area contributed by atoms with Gasteiger partial charge in [-0.1, -0.05) is 25.1 Å². The summed E-state index contributed by atoms with van der Waals surface area (Å²) < 4.78 is 34.1. The molecule has 4 atom stereocenters. The van der Waals surface area contributed by atoms with Gasteiger partial charge in [0.1, 0.15) is 11.6 Å². The minimum absolute atomic E-state index is 0.0393. The monoisotopic (exact) mass is 343 g/mol. The lowest BCUT2D eigenvalue weighted by molar-refractivity contribution is -0.122. The third-order valence-electron chi connectivity index (χ3n) is 5.34. The van der Waals surface area contributed by atoms with Crippen molar-refractivity contribution in [3.05, 3.63) is 54.1 Å². The highest BCUT2D eigenvalue weighted by Crippen LogP contribution is 2.43. The SMILES string of the molecule is C[C@H]1[C@@H](C(=O)Nc2ccc(-c3ccccc3F)c(F)c2)[C@@H]2CC[C@H]1O2. The van der Waals surface area contributed by atoms with Crippen LogP contribution in [0.2, 0.25) is 0 Å². The van der Waals surface area contributed by atoms with Gasteiger partial charge in [-0.05, 0) is 43.0 Å². The molecule has 0 unspecified atom stereocenters. The zero-order valence-corrected chi connectivity index (χ0v) is 13.8. The smallest absolute Gasteiger partial charge is 0.230 e. The van der Waals surface area contributed by atoms with Crippen molar-refractivity contribution in [1.29, 1.82) is 0 Å². The molecule has 130 valence electrons. The van der Waals surface area contributed by atoms with Gasteiger partial charge in [-0.15, -0.1) is 0 Å². The maximum atomic E-state index is 14.4. The van der Waals surface area contributed by atoms with Crippen LogP contribution < -0.4 is 5.32 Å². The van der Waals surface area contributed by atoms with Crippen LogP contribution in [0, 0.1) is 23.5 Å². The molecule has 2 aliphatic heterocycles. The van der Waals surface area contributed by atoms with Crippen LogP contribution in [-0.2, 0) is 9.53 Å². The second kappa shape index (κ2) is 6.23. The highest BCUT2D eigenvalue weighted by molar-refractivity contribution is 5.93. The Morgan fingerprint density at radius 1 is 1.04 bits per heavy atom. The molecule has 5 heteroatoms. The zero-order valence-electron chi connectivity index (χ0n) is 13.8. The predicted octanol–water partition coefficient (Wildman–Crippen LogP) is 4.38. The van der Waals surface area contributed by atoms with E-state index < -0.39 is 11.6 Å². The van der Waals surface area contributed by atoms with Crippen LogP contribution in [0.4, 0.5) is 14.5 Å². The molecule has 2 heterocycles. The van der Waals surface area contributed by atoms with E-state index in [9.17, 15) is 13.6 Å². The summed E-state index contributed by atoms with van der Waals surface area (Å²) >= 11 is 0. The predicted molar refractivity (Wildman–Crippen MR) is 91.0 cm³/mol. The fourth-order valence-electron chi connectivity index (χ4n) is 4.03. The number of benzene rings is 2. The third kappa shape index (κ3) is 2.82. The first-order chi connectivity index (χ1) is 12.0. The van der Waals surface area contributed by atoms with E-state index in [1.807, 2.05) is 6.92 Å². The molecule has 0 saturated carbocycles. The highest BCUT2D eigenvalue weighted by Gasteiger charge is 2.49. The van der Waals surface area contributed by atoms with Gasteiger partial charge in [0.2, 0.25) is 5.91 Å². The topological polar surface area (TPSA) is 38.3 Å². The Kier molecular flexibility index (Phi) is 4.04. The number of carbonyl (C=O) groups excluding carboxylic acids is 1. The maximum Gasteiger partial charge on any atom is 0.230 e. The van der Waals surface area contributed by atoms with Crippen LogP contribution in [0.5, 0.6) is 0 Å². The van der Waals surface area contributed by atoms with E-state index in [-0.39, 0.29) is 41.1 Å². The minimum atomic E-state index is -0.569. The average molecular weight is 343 g/mol. The first kappa shape index (κ1) is 16.2. The lowest BCUT2D eigenvalue weighted by atomic mass is 9.80. The van der Waals surface area contributed by atoms with Crippen LogP contribution in [0.1, 0.15) is 19.8 Å². The number of carbonyl (C=O) groups is 1. The summed E-state index contributed by atoms with van der Waals surface area (Å²) in [5, 5.41) is 2.78.